The first-order chi connectivity index (χ1) is 9.02. The summed E-state index contributed by atoms with van der Waals surface area (Å²) in [6.07, 6.45) is 4.00. The summed E-state index contributed by atoms with van der Waals surface area (Å²) in [5.41, 5.74) is 2.38. The van der Waals surface area contributed by atoms with E-state index in [1.165, 1.54) is 24.8 Å². The molecule has 2 unspecified atom stereocenters. The molecule has 19 heavy (non-hydrogen) atoms. The predicted molar refractivity (Wildman–Crippen MR) is 85.0 cm³/mol. The summed E-state index contributed by atoms with van der Waals surface area (Å²) < 4.78 is 6.59. The van der Waals surface area contributed by atoms with E-state index in [2.05, 4.69) is 48.1 Å². The second-order valence-electron chi connectivity index (χ2n) is 5.86. The van der Waals surface area contributed by atoms with Crippen LogP contribution in [0.4, 0.5) is 5.69 Å². The molecule has 1 fully saturated rings. The van der Waals surface area contributed by atoms with E-state index in [0.717, 1.165) is 27.7 Å². The molecule has 1 N–H and O–H groups in total. The predicted octanol–water partition coefficient (Wildman–Crippen LogP) is 5.00. The molecule has 0 aromatic heterocycles. The molecule has 0 amide bonds. The number of benzene rings is 1. The highest BCUT2D eigenvalue weighted by molar-refractivity contribution is 9.10. The molecule has 0 radical (unpaired) electrons. The fourth-order valence-corrected chi connectivity index (χ4v) is 3.74. The van der Waals surface area contributed by atoms with Crippen LogP contribution in [-0.2, 0) is 0 Å². The topological polar surface area (TPSA) is 21.3 Å². The van der Waals surface area contributed by atoms with E-state index in [9.17, 15) is 0 Å². The highest BCUT2D eigenvalue weighted by atomic mass is 79.9. The lowest BCUT2D eigenvalue weighted by Crippen LogP contribution is -2.37. The molecule has 0 bridgehead atoms. The van der Waals surface area contributed by atoms with Gasteiger partial charge >= 0.3 is 0 Å². The van der Waals surface area contributed by atoms with Crippen LogP contribution in [0.1, 0.15) is 38.7 Å². The normalized spacial score (nSPS) is 27.1. The van der Waals surface area contributed by atoms with Crippen molar-refractivity contribution in [3.05, 3.63) is 22.2 Å². The molecule has 1 aromatic rings. The lowest BCUT2D eigenvalue weighted by atomic mass is 9.78. The summed E-state index contributed by atoms with van der Waals surface area (Å²) in [6, 6.07) is 4.72. The molecule has 0 heterocycles. The van der Waals surface area contributed by atoms with Crippen molar-refractivity contribution in [1.82, 2.24) is 0 Å². The fourth-order valence-electron chi connectivity index (χ4n) is 3.19. The second kappa shape index (κ2) is 6.17. The minimum absolute atomic E-state index is 0.544. The van der Waals surface area contributed by atoms with E-state index >= 15 is 0 Å². The molecule has 1 saturated carbocycles. The zero-order chi connectivity index (χ0) is 14.0. The van der Waals surface area contributed by atoms with E-state index < -0.39 is 0 Å². The Hall–Kier alpha value is -0.700. The standard InChI is InChI=1S/C16H24BrNO/c1-10-6-5-7-11(2)15(10)18-16-12(3)8-13(17)9-14(16)19-4/h8-11,15,18H,5-7H2,1-4H3. The van der Waals surface area contributed by atoms with Crippen LogP contribution < -0.4 is 10.1 Å². The Morgan fingerprint density at radius 3 is 2.42 bits per heavy atom. The third-order valence-corrected chi connectivity index (χ3v) is 4.80. The first kappa shape index (κ1) is 14.7. The molecule has 1 aromatic carbocycles. The van der Waals surface area contributed by atoms with Gasteiger partial charge in [0.05, 0.1) is 12.8 Å². The van der Waals surface area contributed by atoms with Crippen LogP contribution in [0.25, 0.3) is 0 Å². The molecular weight excluding hydrogens is 302 g/mol. The van der Waals surface area contributed by atoms with Crippen molar-refractivity contribution in [2.75, 3.05) is 12.4 Å². The monoisotopic (exact) mass is 325 g/mol. The van der Waals surface area contributed by atoms with Crippen LogP contribution in [0.2, 0.25) is 0 Å². The molecule has 0 spiro atoms. The number of halogens is 1. The van der Waals surface area contributed by atoms with E-state index in [0.29, 0.717) is 6.04 Å². The van der Waals surface area contributed by atoms with Crippen LogP contribution in [0.3, 0.4) is 0 Å². The quantitative estimate of drug-likeness (QED) is 0.844. The van der Waals surface area contributed by atoms with Gasteiger partial charge in [0, 0.05) is 10.5 Å². The summed E-state index contributed by atoms with van der Waals surface area (Å²) in [4.78, 5) is 0. The van der Waals surface area contributed by atoms with Crippen molar-refractivity contribution in [2.24, 2.45) is 11.8 Å². The molecule has 3 heteroatoms. The van der Waals surface area contributed by atoms with Gasteiger partial charge in [-0.25, -0.2) is 0 Å². The van der Waals surface area contributed by atoms with Gasteiger partial charge in [-0.05, 0) is 49.3 Å². The van der Waals surface area contributed by atoms with Gasteiger partial charge in [0.15, 0.2) is 0 Å². The average Bonchev–Trinajstić information content (AvgIpc) is 2.35. The molecule has 0 saturated heterocycles. The number of aryl methyl sites for hydroxylation is 1. The fraction of sp³-hybridized carbons (Fsp3) is 0.625. The van der Waals surface area contributed by atoms with E-state index in [-0.39, 0.29) is 0 Å². The van der Waals surface area contributed by atoms with Gasteiger partial charge in [0.25, 0.3) is 0 Å². The number of methoxy groups -OCH3 is 1. The van der Waals surface area contributed by atoms with Gasteiger partial charge in [-0.3, -0.25) is 0 Å². The van der Waals surface area contributed by atoms with Crippen molar-refractivity contribution in [3.63, 3.8) is 0 Å². The van der Waals surface area contributed by atoms with Crippen molar-refractivity contribution in [2.45, 2.75) is 46.1 Å². The number of hydrogen-bond donors (Lipinski definition) is 1. The Labute approximate surface area is 125 Å². The maximum atomic E-state index is 5.53. The Kier molecular flexibility index (Phi) is 4.77. The summed E-state index contributed by atoms with van der Waals surface area (Å²) in [5, 5.41) is 3.75. The molecule has 0 aliphatic heterocycles. The first-order valence-electron chi connectivity index (χ1n) is 7.13. The lowest BCUT2D eigenvalue weighted by molar-refractivity contribution is 0.267. The minimum Gasteiger partial charge on any atom is -0.495 e. The number of nitrogens with one attached hydrogen (secondary N) is 1. The third-order valence-electron chi connectivity index (χ3n) is 4.34. The summed E-state index contributed by atoms with van der Waals surface area (Å²) in [6.45, 7) is 6.84. The minimum atomic E-state index is 0.544. The highest BCUT2D eigenvalue weighted by Gasteiger charge is 2.28. The molecule has 106 valence electrons. The van der Waals surface area contributed by atoms with Gasteiger partial charge in [-0.1, -0.05) is 36.2 Å². The molecule has 1 aliphatic rings. The van der Waals surface area contributed by atoms with Crippen molar-refractivity contribution >= 4 is 21.6 Å². The van der Waals surface area contributed by atoms with Crippen molar-refractivity contribution in [1.29, 1.82) is 0 Å². The lowest BCUT2D eigenvalue weighted by Gasteiger charge is -2.36. The Balaban J connectivity index is 2.27. The summed E-state index contributed by atoms with van der Waals surface area (Å²) in [7, 11) is 1.74. The zero-order valence-corrected chi connectivity index (χ0v) is 13.9. The van der Waals surface area contributed by atoms with E-state index in [1.807, 2.05) is 6.07 Å². The van der Waals surface area contributed by atoms with Crippen LogP contribution in [-0.4, -0.2) is 13.2 Å². The average molecular weight is 326 g/mol. The van der Waals surface area contributed by atoms with Gasteiger partial charge < -0.3 is 10.1 Å². The van der Waals surface area contributed by atoms with Gasteiger partial charge in [0.1, 0.15) is 5.75 Å². The maximum Gasteiger partial charge on any atom is 0.143 e. The molecule has 2 atom stereocenters. The summed E-state index contributed by atoms with van der Waals surface area (Å²) >= 11 is 3.53. The Morgan fingerprint density at radius 2 is 1.84 bits per heavy atom. The maximum absolute atomic E-state index is 5.53. The van der Waals surface area contributed by atoms with Crippen LogP contribution >= 0.6 is 15.9 Å². The van der Waals surface area contributed by atoms with Gasteiger partial charge in [0.2, 0.25) is 0 Å². The Bertz CT molecular complexity index is 437. The SMILES string of the molecule is COc1cc(Br)cc(C)c1NC1C(C)CCCC1C. The molecule has 2 rings (SSSR count). The van der Waals surface area contributed by atoms with Crippen molar-refractivity contribution < 1.29 is 4.74 Å². The van der Waals surface area contributed by atoms with Crippen LogP contribution in [0, 0.1) is 18.8 Å². The molecule has 2 nitrogen and oxygen atoms in total. The molecular formula is C16H24BrNO. The summed E-state index contributed by atoms with van der Waals surface area (Å²) in [5.74, 6) is 2.37. The number of hydrogen-bond acceptors (Lipinski definition) is 2. The van der Waals surface area contributed by atoms with Crippen LogP contribution in [0.5, 0.6) is 5.75 Å². The van der Waals surface area contributed by atoms with E-state index in [4.69, 9.17) is 4.74 Å². The smallest absolute Gasteiger partial charge is 0.143 e. The van der Waals surface area contributed by atoms with Crippen molar-refractivity contribution in [3.8, 4) is 5.75 Å². The molecule has 1 aliphatic carbocycles. The second-order valence-corrected chi connectivity index (χ2v) is 6.77. The first-order valence-corrected chi connectivity index (χ1v) is 7.93. The number of rotatable bonds is 3. The highest BCUT2D eigenvalue weighted by Crippen LogP contribution is 2.37. The van der Waals surface area contributed by atoms with Gasteiger partial charge in [-0.15, -0.1) is 0 Å². The number of anilines is 1. The zero-order valence-electron chi connectivity index (χ0n) is 12.3. The third kappa shape index (κ3) is 3.25. The Morgan fingerprint density at radius 1 is 1.21 bits per heavy atom. The van der Waals surface area contributed by atoms with Crippen LogP contribution in [0.15, 0.2) is 16.6 Å². The van der Waals surface area contributed by atoms with Gasteiger partial charge in [-0.2, -0.15) is 0 Å². The number of ether oxygens (including phenoxy) is 1. The van der Waals surface area contributed by atoms with E-state index in [1.54, 1.807) is 7.11 Å². The largest absolute Gasteiger partial charge is 0.495 e.